The third kappa shape index (κ3) is 2.81. The molecule has 1 fully saturated rings. The Morgan fingerprint density at radius 3 is 2.65 bits per heavy atom. The lowest BCUT2D eigenvalue weighted by molar-refractivity contribution is 0.109. The van der Waals surface area contributed by atoms with Crippen molar-refractivity contribution in [3.05, 3.63) is 39.3 Å². The first-order valence-corrected chi connectivity index (χ1v) is 8.30. The molecule has 0 aliphatic carbocycles. The number of piperidine rings is 1. The first-order chi connectivity index (χ1) is 11.0. The second kappa shape index (κ2) is 6.10. The van der Waals surface area contributed by atoms with Crippen LogP contribution in [-0.2, 0) is 12.7 Å². The Balaban J connectivity index is 1.87. The van der Waals surface area contributed by atoms with Gasteiger partial charge >= 0.3 is 0 Å². The molecule has 2 heterocycles. The molecule has 0 atom stereocenters. The summed E-state index contributed by atoms with van der Waals surface area (Å²) in [5, 5.41) is 17.4. The summed E-state index contributed by atoms with van der Waals surface area (Å²) in [5.74, 6) is 0.350. The van der Waals surface area contributed by atoms with Crippen LogP contribution in [0.1, 0.15) is 24.2 Å². The highest BCUT2D eigenvalue weighted by Crippen LogP contribution is 2.41. The molecule has 2 aromatic rings. The highest BCUT2D eigenvalue weighted by Gasteiger charge is 2.40. The Morgan fingerprint density at radius 2 is 2.09 bits per heavy atom. The summed E-state index contributed by atoms with van der Waals surface area (Å²) in [7, 11) is 1.74. The van der Waals surface area contributed by atoms with E-state index in [2.05, 4.69) is 32.2 Å². The van der Waals surface area contributed by atoms with Gasteiger partial charge in [-0.1, -0.05) is 11.6 Å². The van der Waals surface area contributed by atoms with Gasteiger partial charge in [0.15, 0.2) is 11.5 Å². The largest absolute Gasteiger partial charge is 0.369 e. The lowest BCUT2D eigenvalue weighted by Crippen LogP contribution is -2.42. The maximum absolute atomic E-state index is 15.2. The number of aryl methyl sites for hydroxylation is 1. The minimum absolute atomic E-state index is 0.281. The topological polar surface area (TPSA) is 57.7 Å². The zero-order chi connectivity index (χ0) is 16.6. The van der Waals surface area contributed by atoms with Crippen LogP contribution in [0.4, 0.5) is 10.1 Å². The third-order valence-electron chi connectivity index (χ3n) is 4.17. The summed E-state index contributed by atoms with van der Waals surface area (Å²) in [6, 6.07) is 5.62. The van der Waals surface area contributed by atoms with Gasteiger partial charge in [-0.2, -0.15) is 5.26 Å². The van der Waals surface area contributed by atoms with Crippen molar-refractivity contribution >= 4 is 33.2 Å². The van der Waals surface area contributed by atoms with Gasteiger partial charge in [0, 0.05) is 37.5 Å². The first kappa shape index (κ1) is 16.2. The Kier molecular flexibility index (Phi) is 4.30. The minimum Gasteiger partial charge on any atom is -0.369 e. The van der Waals surface area contributed by atoms with Crippen molar-refractivity contribution < 1.29 is 4.39 Å². The summed E-state index contributed by atoms with van der Waals surface area (Å²) >= 11 is 9.58. The summed E-state index contributed by atoms with van der Waals surface area (Å²) in [6.07, 6.45) is 2.07. The molecule has 0 radical (unpaired) electrons. The molecule has 1 aliphatic heterocycles. The van der Waals surface area contributed by atoms with Crippen LogP contribution in [0.15, 0.2) is 22.9 Å². The van der Waals surface area contributed by atoms with Gasteiger partial charge in [0.1, 0.15) is 12.4 Å². The number of benzene rings is 1. The number of hydrogen-bond donors (Lipinski definition) is 0. The minimum atomic E-state index is -1.50. The number of rotatable bonds is 2. The smallest absolute Gasteiger partial charge is 0.173 e. The Hall–Kier alpha value is -1.65. The molecule has 3 rings (SSSR count). The van der Waals surface area contributed by atoms with E-state index in [-0.39, 0.29) is 12.8 Å². The molecule has 1 aromatic heterocycles. The summed E-state index contributed by atoms with van der Waals surface area (Å²) in [4.78, 5) is 1.99. The second-order valence-corrected chi connectivity index (χ2v) is 6.84. The number of anilines is 1. The lowest BCUT2D eigenvalue weighted by atomic mass is 9.91. The molecule has 0 unspecified atom stereocenters. The molecule has 1 aliphatic rings. The van der Waals surface area contributed by atoms with E-state index >= 15 is 4.39 Å². The van der Waals surface area contributed by atoms with Gasteiger partial charge in [-0.15, -0.1) is 10.2 Å². The highest BCUT2D eigenvalue weighted by atomic mass is 79.9. The van der Waals surface area contributed by atoms with Gasteiger partial charge in [-0.05, 0) is 28.1 Å². The molecule has 1 saturated heterocycles. The van der Waals surface area contributed by atoms with E-state index in [0.29, 0.717) is 29.5 Å². The molecular formula is C15H14BrClFN5. The van der Waals surface area contributed by atoms with E-state index in [0.717, 1.165) is 10.2 Å². The summed E-state index contributed by atoms with van der Waals surface area (Å²) in [6.45, 7) is 0.938. The predicted octanol–water partition coefficient (Wildman–Crippen LogP) is 3.57. The van der Waals surface area contributed by atoms with Gasteiger partial charge in [0.25, 0.3) is 0 Å². The standard InChI is InChI=1S/C15H14BrClFN5/c1-22-9-20-21-14(22)15(18)4-6-23(7-5-15)13-10(8-19)12(17)3-2-11(13)16/h2-3,9H,4-7H2,1H3. The number of nitrogens with zero attached hydrogens (tertiary/aromatic N) is 5. The summed E-state index contributed by atoms with van der Waals surface area (Å²) < 4.78 is 17.6. The zero-order valence-electron chi connectivity index (χ0n) is 12.4. The van der Waals surface area contributed by atoms with Crippen molar-refractivity contribution in [2.75, 3.05) is 18.0 Å². The molecule has 5 nitrogen and oxygen atoms in total. The second-order valence-electron chi connectivity index (χ2n) is 5.58. The van der Waals surface area contributed by atoms with Crippen LogP contribution < -0.4 is 4.90 Å². The Morgan fingerprint density at radius 1 is 1.39 bits per heavy atom. The first-order valence-electron chi connectivity index (χ1n) is 7.13. The van der Waals surface area contributed by atoms with Crippen LogP contribution in [0.25, 0.3) is 0 Å². The van der Waals surface area contributed by atoms with Crippen molar-refractivity contribution in [2.24, 2.45) is 7.05 Å². The van der Waals surface area contributed by atoms with Crippen molar-refractivity contribution in [3.8, 4) is 6.07 Å². The van der Waals surface area contributed by atoms with Gasteiger partial charge in [0.05, 0.1) is 16.3 Å². The molecule has 0 N–H and O–H groups in total. The Bertz CT molecular complexity index is 777. The average Bonchev–Trinajstić information content (AvgIpc) is 2.97. The van der Waals surface area contributed by atoms with E-state index in [1.807, 2.05) is 4.90 Å². The van der Waals surface area contributed by atoms with Gasteiger partial charge in [0.2, 0.25) is 0 Å². The molecular weight excluding hydrogens is 385 g/mol. The normalized spacial score (nSPS) is 17.1. The van der Waals surface area contributed by atoms with Crippen molar-refractivity contribution in [1.82, 2.24) is 14.8 Å². The zero-order valence-corrected chi connectivity index (χ0v) is 14.8. The van der Waals surface area contributed by atoms with Crippen LogP contribution >= 0.6 is 27.5 Å². The third-order valence-corrected chi connectivity index (χ3v) is 5.13. The van der Waals surface area contributed by atoms with E-state index in [1.165, 1.54) is 6.33 Å². The SMILES string of the molecule is Cn1cnnc1C1(F)CCN(c2c(Br)ccc(Cl)c2C#N)CC1. The number of hydrogen-bond acceptors (Lipinski definition) is 4. The molecule has 0 saturated carbocycles. The van der Waals surface area contributed by atoms with E-state index in [4.69, 9.17) is 11.6 Å². The Labute approximate surface area is 146 Å². The molecule has 0 spiro atoms. The van der Waals surface area contributed by atoms with E-state index in [1.54, 1.807) is 23.7 Å². The maximum Gasteiger partial charge on any atom is 0.173 e. The van der Waals surface area contributed by atoms with E-state index in [9.17, 15) is 5.26 Å². The van der Waals surface area contributed by atoms with Gasteiger partial charge in [-0.3, -0.25) is 0 Å². The van der Waals surface area contributed by atoms with Crippen LogP contribution in [0.2, 0.25) is 5.02 Å². The highest BCUT2D eigenvalue weighted by molar-refractivity contribution is 9.10. The fraction of sp³-hybridized carbons (Fsp3) is 0.400. The summed E-state index contributed by atoms with van der Waals surface area (Å²) in [5.41, 5.74) is -0.370. The quantitative estimate of drug-likeness (QED) is 0.776. The monoisotopic (exact) mass is 397 g/mol. The van der Waals surface area contributed by atoms with Crippen molar-refractivity contribution in [1.29, 1.82) is 5.26 Å². The van der Waals surface area contributed by atoms with Gasteiger partial charge < -0.3 is 9.47 Å². The molecule has 1 aromatic carbocycles. The van der Waals surface area contributed by atoms with Gasteiger partial charge in [-0.25, -0.2) is 4.39 Å². The van der Waals surface area contributed by atoms with Crippen LogP contribution in [-0.4, -0.2) is 27.9 Å². The van der Waals surface area contributed by atoms with Crippen molar-refractivity contribution in [2.45, 2.75) is 18.5 Å². The molecule has 8 heteroatoms. The predicted molar refractivity (Wildman–Crippen MR) is 89.1 cm³/mol. The lowest BCUT2D eigenvalue weighted by Gasteiger charge is -2.37. The van der Waals surface area contributed by atoms with Crippen LogP contribution in [0.5, 0.6) is 0 Å². The van der Waals surface area contributed by atoms with Crippen molar-refractivity contribution in [3.63, 3.8) is 0 Å². The molecule has 0 bridgehead atoms. The molecule has 23 heavy (non-hydrogen) atoms. The van der Waals surface area contributed by atoms with E-state index < -0.39 is 5.67 Å². The number of aromatic nitrogens is 3. The number of halogens is 3. The molecule has 0 amide bonds. The number of nitriles is 1. The average molecular weight is 399 g/mol. The fourth-order valence-electron chi connectivity index (χ4n) is 2.95. The maximum atomic E-state index is 15.2. The van der Waals surface area contributed by atoms with Crippen LogP contribution in [0, 0.1) is 11.3 Å². The molecule has 120 valence electrons. The van der Waals surface area contributed by atoms with Crippen LogP contribution in [0.3, 0.4) is 0 Å². The number of alkyl halides is 1. The fourth-order valence-corrected chi connectivity index (χ4v) is 3.73.